The first-order valence-electron chi connectivity index (χ1n) is 5.87. The number of rotatable bonds is 5. The standard InChI is InChI=1S/C12H15N3O3/c16-6-5-10-7-11(8-13-10)14-9-1-3-12(4-2-9)15(17)18/h1-4,6,10-11,13-14H,5,7-8H2. The summed E-state index contributed by atoms with van der Waals surface area (Å²) in [5.74, 6) is 0. The Labute approximate surface area is 105 Å². The third kappa shape index (κ3) is 3.04. The molecule has 0 aliphatic carbocycles. The van der Waals surface area contributed by atoms with Gasteiger partial charge < -0.3 is 15.4 Å². The minimum absolute atomic E-state index is 0.0870. The van der Waals surface area contributed by atoms with Crippen molar-refractivity contribution in [2.75, 3.05) is 11.9 Å². The molecule has 2 rings (SSSR count). The molecule has 0 bridgehead atoms. The molecular weight excluding hydrogens is 234 g/mol. The number of nitro benzene ring substituents is 1. The molecule has 1 fully saturated rings. The molecule has 0 aromatic heterocycles. The maximum Gasteiger partial charge on any atom is 0.269 e. The Balaban J connectivity index is 1.90. The molecule has 0 saturated carbocycles. The average Bonchev–Trinajstić information content (AvgIpc) is 2.78. The molecule has 1 aliphatic heterocycles. The van der Waals surface area contributed by atoms with Gasteiger partial charge in [-0.1, -0.05) is 0 Å². The Kier molecular flexibility index (Phi) is 3.88. The highest BCUT2D eigenvalue weighted by Gasteiger charge is 2.23. The zero-order valence-electron chi connectivity index (χ0n) is 9.83. The second-order valence-electron chi connectivity index (χ2n) is 4.39. The fourth-order valence-corrected chi connectivity index (χ4v) is 2.14. The van der Waals surface area contributed by atoms with Gasteiger partial charge >= 0.3 is 0 Å². The predicted molar refractivity (Wildman–Crippen MR) is 67.6 cm³/mol. The van der Waals surface area contributed by atoms with E-state index < -0.39 is 4.92 Å². The fraction of sp³-hybridized carbons (Fsp3) is 0.417. The number of benzene rings is 1. The van der Waals surface area contributed by atoms with E-state index in [0.717, 1.165) is 24.9 Å². The van der Waals surface area contributed by atoms with E-state index in [-0.39, 0.29) is 17.8 Å². The van der Waals surface area contributed by atoms with Gasteiger partial charge in [0, 0.05) is 42.9 Å². The van der Waals surface area contributed by atoms with E-state index in [2.05, 4.69) is 10.6 Å². The number of aldehydes is 1. The molecule has 1 aromatic rings. The van der Waals surface area contributed by atoms with Crippen LogP contribution in [0.5, 0.6) is 0 Å². The Morgan fingerprint density at radius 1 is 1.44 bits per heavy atom. The van der Waals surface area contributed by atoms with E-state index in [0.29, 0.717) is 6.42 Å². The van der Waals surface area contributed by atoms with Crippen LogP contribution in [0.15, 0.2) is 24.3 Å². The van der Waals surface area contributed by atoms with Crippen molar-refractivity contribution in [2.45, 2.75) is 24.9 Å². The quantitative estimate of drug-likeness (QED) is 0.467. The zero-order chi connectivity index (χ0) is 13.0. The summed E-state index contributed by atoms with van der Waals surface area (Å²) in [4.78, 5) is 20.5. The topological polar surface area (TPSA) is 84.3 Å². The summed E-state index contributed by atoms with van der Waals surface area (Å²) in [6.07, 6.45) is 2.33. The summed E-state index contributed by atoms with van der Waals surface area (Å²) >= 11 is 0. The van der Waals surface area contributed by atoms with Gasteiger partial charge in [0.2, 0.25) is 0 Å². The van der Waals surface area contributed by atoms with Crippen LogP contribution in [-0.2, 0) is 4.79 Å². The van der Waals surface area contributed by atoms with Gasteiger partial charge in [-0.15, -0.1) is 0 Å². The van der Waals surface area contributed by atoms with E-state index in [4.69, 9.17) is 0 Å². The van der Waals surface area contributed by atoms with Gasteiger partial charge in [0.1, 0.15) is 6.29 Å². The first-order chi connectivity index (χ1) is 8.69. The van der Waals surface area contributed by atoms with Crippen molar-refractivity contribution in [3.8, 4) is 0 Å². The van der Waals surface area contributed by atoms with E-state index in [1.165, 1.54) is 12.1 Å². The average molecular weight is 249 g/mol. The van der Waals surface area contributed by atoms with E-state index in [1.807, 2.05) is 0 Å². The van der Waals surface area contributed by atoms with E-state index >= 15 is 0 Å². The molecule has 0 spiro atoms. The summed E-state index contributed by atoms with van der Waals surface area (Å²) in [6.45, 7) is 0.801. The van der Waals surface area contributed by atoms with Gasteiger partial charge in [0.05, 0.1) is 4.92 Å². The molecule has 0 amide bonds. The highest BCUT2D eigenvalue weighted by molar-refractivity contribution is 5.51. The van der Waals surface area contributed by atoms with Gasteiger partial charge in [0.25, 0.3) is 5.69 Å². The van der Waals surface area contributed by atoms with Gasteiger partial charge in [-0.25, -0.2) is 0 Å². The number of nitrogens with one attached hydrogen (secondary N) is 2. The first-order valence-corrected chi connectivity index (χ1v) is 5.87. The van der Waals surface area contributed by atoms with Crippen LogP contribution in [0.25, 0.3) is 0 Å². The predicted octanol–water partition coefficient (Wildman–Crippen LogP) is 1.33. The monoisotopic (exact) mass is 249 g/mol. The minimum Gasteiger partial charge on any atom is -0.381 e. The van der Waals surface area contributed by atoms with Crippen LogP contribution in [0, 0.1) is 10.1 Å². The van der Waals surface area contributed by atoms with Crippen LogP contribution in [0.1, 0.15) is 12.8 Å². The lowest BCUT2D eigenvalue weighted by molar-refractivity contribution is -0.384. The molecule has 6 heteroatoms. The highest BCUT2D eigenvalue weighted by Crippen LogP contribution is 2.19. The molecule has 2 N–H and O–H groups in total. The summed E-state index contributed by atoms with van der Waals surface area (Å²) in [5, 5.41) is 17.1. The molecule has 2 atom stereocenters. The van der Waals surface area contributed by atoms with Gasteiger partial charge in [-0.3, -0.25) is 10.1 Å². The number of hydrogen-bond donors (Lipinski definition) is 2. The van der Waals surface area contributed by atoms with Crippen molar-refractivity contribution in [3.63, 3.8) is 0 Å². The van der Waals surface area contributed by atoms with Crippen LogP contribution in [-0.4, -0.2) is 29.8 Å². The van der Waals surface area contributed by atoms with Gasteiger partial charge in [0.15, 0.2) is 0 Å². The third-order valence-electron chi connectivity index (χ3n) is 3.05. The molecule has 1 aliphatic rings. The lowest BCUT2D eigenvalue weighted by Gasteiger charge is -2.12. The number of carbonyl (C=O) groups is 1. The van der Waals surface area contributed by atoms with E-state index in [9.17, 15) is 14.9 Å². The van der Waals surface area contributed by atoms with E-state index in [1.54, 1.807) is 12.1 Å². The number of nitro groups is 1. The van der Waals surface area contributed by atoms with Crippen molar-refractivity contribution in [1.29, 1.82) is 0 Å². The normalized spacial score (nSPS) is 22.7. The molecule has 1 aromatic carbocycles. The lowest BCUT2D eigenvalue weighted by atomic mass is 10.1. The summed E-state index contributed by atoms with van der Waals surface area (Å²) in [5.41, 5.74) is 0.947. The molecular formula is C12H15N3O3. The second-order valence-corrected chi connectivity index (χ2v) is 4.39. The Hall–Kier alpha value is -1.95. The summed E-state index contributed by atoms with van der Waals surface area (Å²) in [6, 6.07) is 6.85. The third-order valence-corrected chi connectivity index (χ3v) is 3.05. The molecule has 2 unspecified atom stereocenters. The van der Waals surface area contributed by atoms with Crippen LogP contribution in [0.2, 0.25) is 0 Å². The van der Waals surface area contributed by atoms with Gasteiger partial charge in [-0.05, 0) is 18.6 Å². The van der Waals surface area contributed by atoms with Crippen molar-refractivity contribution in [2.24, 2.45) is 0 Å². The SMILES string of the molecule is O=CCC1CC(Nc2ccc([N+](=O)[O-])cc2)CN1. The van der Waals surface area contributed by atoms with Gasteiger partial charge in [-0.2, -0.15) is 0 Å². The van der Waals surface area contributed by atoms with Crippen molar-refractivity contribution >= 4 is 17.7 Å². The molecule has 96 valence electrons. The Morgan fingerprint density at radius 3 is 2.78 bits per heavy atom. The number of hydrogen-bond acceptors (Lipinski definition) is 5. The number of anilines is 1. The zero-order valence-corrected chi connectivity index (χ0v) is 9.83. The van der Waals surface area contributed by atoms with Crippen LogP contribution in [0.3, 0.4) is 0 Å². The number of nitrogens with zero attached hydrogens (tertiary/aromatic N) is 1. The molecule has 0 radical (unpaired) electrons. The molecule has 1 saturated heterocycles. The number of non-ortho nitro benzene ring substituents is 1. The van der Waals surface area contributed by atoms with Crippen LogP contribution < -0.4 is 10.6 Å². The molecule has 1 heterocycles. The maximum absolute atomic E-state index is 10.5. The van der Waals surface area contributed by atoms with Crippen LogP contribution >= 0.6 is 0 Å². The van der Waals surface area contributed by atoms with Crippen molar-refractivity contribution in [1.82, 2.24) is 5.32 Å². The summed E-state index contributed by atoms with van der Waals surface area (Å²) in [7, 11) is 0. The second kappa shape index (κ2) is 5.59. The fourth-order valence-electron chi connectivity index (χ4n) is 2.14. The minimum atomic E-state index is -0.416. The largest absolute Gasteiger partial charge is 0.381 e. The first kappa shape index (κ1) is 12.5. The highest BCUT2D eigenvalue weighted by atomic mass is 16.6. The van der Waals surface area contributed by atoms with Crippen molar-refractivity contribution in [3.05, 3.63) is 34.4 Å². The molecule has 6 nitrogen and oxygen atoms in total. The Bertz CT molecular complexity index is 433. The maximum atomic E-state index is 10.5. The van der Waals surface area contributed by atoms with Crippen LogP contribution in [0.4, 0.5) is 11.4 Å². The van der Waals surface area contributed by atoms with Crippen molar-refractivity contribution < 1.29 is 9.72 Å². The number of carbonyl (C=O) groups excluding carboxylic acids is 1. The lowest BCUT2D eigenvalue weighted by Crippen LogP contribution is -2.23. The Morgan fingerprint density at radius 2 is 2.17 bits per heavy atom. The molecule has 18 heavy (non-hydrogen) atoms. The smallest absolute Gasteiger partial charge is 0.269 e. The summed E-state index contributed by atoms with van der Waals surface area (Å²) < 4.78 is 0.